The summed E-state index contributed by atoms with van der Waals surface area (Å²) in [6, 6.07) is 8.56. The number of nitrogens with zero attached hydrogens (tertiary/aromatic N) is 4. The highest BCUT2D eigenvalue weighted by Crippen LogP contribution is 2.26. The molecule has 158 valence electrons. The fourth-order valence-corrected chi connectivity index (χ4v) is 3.44. The molecule has 2 aromatic rings. The first kappa shape index (κ1) is 21.2. The van der Waals surface area contributed by atoms with Crippen molar-refractivity contribution in [2.75, 3.05) is 42.9 Å². The minimum Gasteiger partial charge on any atom is -0.369 e. The van der Waals surface area contributed by atoms with E-state index in [1.165, 1.54) is 0 Å². The largest absolute Gasteiger partial charge is 0.369 e. The topological polar surface area (TPSA) is 122 Å². The van der Waals surface area contributed by atoms with E-state index in [-0.39, 0.29) is 5.56 Å². The van der Waals surface area contributed by atoms with E-state index in [2.05, 4.69) is 22.0 Å². The van der Waals surface area contributed by atoms with E-state index in [1.54, 1.807) is 6.07 Å². The number of likely N-dealkylation sites (N-methyl/N-ethyl adjacent to an activating group) is 1. The molecule has 3 rings (SSSR count). The average Bonchev–Trinajstić information content (AvgIpc) is 2.74. The molecule has 1 saturated heterocycles. The van der Waals surface area contributed by atoms with Crippen LogP contribution in [0.15, 0.2) is 36.4 Å². The molecule has 2 aromatic carbocycles. The SMILES string of the molecule is CCN1CCN(c2ccc(NC(=O)c3cc([N+](=O)[O-])cc([N+](=O)[O-])c3)c(C)c2)CC1. The lowest BCUT2D eigenvalue weighted by Crippen LogP contribution is -2.46. The number of amides is 1. The van der Waals surface area contributed by atoms with Crippen LogP contribution in [-0.4, -0.2) is 53.4 Å². The van der Waals surface area contributed by atoms with Gasteiger partial charge in [-0.25, -0.2) is 0 Å². The highest BCUT2D eigenvalue weighted by molar-refractivity contribution is 6.05. The van der Waals surface area contributed by atoms with E-state index in [9.17, 15) is 25.0 Å². The van der Waals surface area contributed by atoms with E-state index in [0.29, 0.717) is 5.69 Å². The third-order valence-corrected chi connectivity index (χ3v) is 5.23. The summed E-state index contributed by atoms with van der Waals surface area (Å²) in [5, 5.41) is 24.8. The first-order chi connectivity index (χ1) is 14.3. The van der Waals surface area contributed by atoms with Gasteiger partial charge in [-0.2, -0.15) is 0 Å². The minimum atomic E-state index is -0.762. The molecule has 1 amide bonds. The molecule has 0 radical (unpaired) electrons. The number of non-ortho nitro benzene ring substituents is 2. The van der Waals surface area contributed by atoms with Crippen molar-refractivity contribution < 1.29 is 14.6 Å². The number of piperazine rings is 1. The molecule has 1 aliphatic rings. The van der Waals surface area contributed by atoms with Crippen molar-refractivity contribution in [1.29, 1.82) is 0 Å². The molecule has 0 spiro atoms. The molecule has 0 bridgehead atoms. The molecule has 1 aliphatic heterocycles. The van der Waals surface area contributed by atoms with Gasteiger partial charge in [0.15, 0.2) is 0 Å². The lowest BCUT2D eigenvalue weighted by Gasteiger charge is -2.35. The van der Waals surface area contributed by atoms with Crippen LogP contribution in [0.2, 0.25) is 0 Å². The molecule has 30 heavy (non-hydrogen) atoms. The summed E-state index contributed by atoms with van der Waals surface area (Å²) in [4.78, 5) is 37.8. The van der Waals surface area contributed by atoms with Gasteiger partial charge in [0, 0.05) is 49.7 Å². The van der Waals surface area contributed by atoms with Gasteiger partial charge in [-0.3, -0.25) is 25.0 Å². The quantitative estimate of drug-likeness (QED) is 0.570. The van der Waals surface area contributed by atoms with Gasteiger partial charge in [0.1, 0.15) is 0 Å². The highest BCUT2D eigenvalue weighted by Gasteiger charge is 2.21. The Bertz CT molecular complexity index is 953. The molecule has 0 saturated carbocycles. The highest BCUT2D eigenvalue weighted by atomic mass is 16.6. The summed E-state index contributed by atoms with van der Waals surface area (Å²) >= 11 is 0. The van der Waals surface area contributed by atoms with Gasteiger partial charge >= 0.3 is 0 Å². The Labute approximate surface area is 173 Å². The number of hydrogen-bond acceptors (Lipinski definition) is 7. The Kier molecular flexibility index (Phi) is 6.26. The fraction of sp³-hybridized carbons (Fsp3) is 0.350. The molecule has 1 N–H and O–H groups in total. The Morgan fingerprint density at radius 3 is 2.10 bits per heavy atom. The van der Waals surface area contributed by atoms with Crippen LogP contribution in [0.1, 0.15) is 22.8 Å². The molecule has 10 heteroatoms. The molecule has 0 unspecified atom stereocenters. The second-order valence-corrected chi connectivity index (χ2v) is 7.13. The van der Waals surface area contributed by atoms with E-state index >= 15 is 0 Å². The first-order valence-electron chi connectivity index (χ1n) is 9.61. The number of hydrogen-bond donors (Lipinski definition) is 1. The molecule has 0 atom stereocenters. The summed E-state index contributed by atoms with van der Waals surface area (Å²) in [7, 11) is 0. The number of rotatable bonds is 6. The monoisotopic (exact) mass is 413 g/mol. The zero-order chi connectivity index (χ0) is 21.8. The number of aryl methyl sites for hydroxylation is 1. The second-order valence-electron chi connectivity index (χ2n) is 7.13. The van der Waals surface area contributed by atoms with Crippen molar-refractivity contribution in [2.45, 2.75) is 13.8 Å². The van der Waals surface area contributed by atoms with Crippen molar-refractivity contribution in [1.82, 2.24) is 4.90 Å². The predicted molar refractivity (Wildman–Crippen MR) is 113 cm³/mol. The zero-order valence-corrected chi connectivity index (χ0v) is 16.8. The van der Waals surface area contributed by atoms with Crippen LogP contribution >= 0.6 is 0 Å². The van der Waals surface area contributed by atoms with E-state index in [0.717, 1.165) is 62.2 Å². The van der Waals surface area contributed by atoms with Crippen molar-refractivity contribution in [3.8, 4) is 0 Å². The van der Waals surface area contributed by atoms with E-state index < -0.39 is 27.1 Å². The van der Waals surface area contributed by atoms with Gasteiger partial charge in [0.05, 0.1) is 21.5 Å². The standard InChI is InChI=1S/C20H23N5O5/c1-3-22-6-8-23(9-7-22)16-4-5-19(14(2)10-16)21-20(26)15-11-17(24(27)28)13-18(12-15)25(29)30/h4-5,10-13H,3,6-9H2,1-2H3,(H,21,26). The number of benzene rings is 2. The third kappa shape index (κ3) is 4.71. The minimum absolute atomic E-state index is 0.143. The normalized spacial score (nSPS) is 14.4. The fourth-order valence-electron chi connectivity index (χ4n) is 3.44. The Balaban J connectivity index is 1.77. The number of nitro benzene ring substituents is 2. The van der Waals surface area contributed by atoms with Gasteiger partial charge in [0.25, 0.3) is 17.3 Å². The van der Waals surface area contributed by atoms with Crippen molar-refractivity contribution >= 4 is 28.7 Å². The molecule has 0 aromatic heterocycles. The van der Waals surface area contributed by atoms with Crippen LogP contribution < -0.4 is 10.2 Å². The summed E-state index contributed by atoms with van der Waals surface area (Å²) < 4.78 is 0. The number of nitro groups is 2. The van der Waals surface area contributed by atoms with Crippen LogP contribution in [0.25, 0.3) is 0 Å². The summed E-state index contributed by atoms with van der Waals surface area (Å²) in [6.45, 7) is 8.89. The van der Waals surface area contributed by atoms with Crippen molar-refractivity contribution in [3.05, 3.63) is 67.8 Å². The molecular formula is C20H23N5O5. The third-order valence-electron chi connectivity index (χ3n) is 5.23. The lowest BCUT2D eigenvalue weighted by atomic mass is 10.1. The summed E-state index contributed by atoms with van der Waals surface area (Å²) in [5.74, 6) is -0.644. The van der Waals surface area contributed by atoms with E-state index in [1.807, 2.05) is 19.1 Å². The molecule has 1 heterocycles. The number of carbonyl (C=O) groups excluding carboxylic acids is 1. The van der Waals surface area contributed by atoms with Gasteiger partial charge in [-0.1, -0.05) is 6.92 Å². The van der Waals surface area contributed by atoms with Crippen LogP contribution in [0, 0.1) is 27.2 Å². The Morgan fingerprint density at radius 1 is 1.00 bits per heavy atom. The second kappa shape index (κ2) is 8.87. The maximum Gasteiger partial charge on any atom is 0.277 e. The maximum absolute atomic E-state index is 12.6. The zero-order valence-electron chi connectivity index (χ0n) is 16.8. The van der Waals surface area contributed by atoms with Gasteiger partial charge < -0.3 is 15.1 Å². The molecular weight excluding hydrogens is 390 g/mol. The van der Waals surface area contributed by atoms with Gasteiger partial charge in [0.2, 0.25) is 0 Å². The van der Waals surface area contributed by atoms with Crippen molar-refractivity contribution in [3.63, 3.8) is 0 Å². The van der Waals surface area contributed by atoms with Crippen LogP contribution in [0.3, 0.4) is 0 Å². The Hall–Kier alpha value is -3.53. The van der Waals surface area contributed by atoms with Gasteiger partial charge in [-0.15, -0.1) is 0 Å². The van der Waals surface area contributed by atoms with Gasteiger partial charge in [-0.05, 0) is 37.2 Å². The van der Waals surface area contributed by atoms with E-state index in [4.69, 9.17) is 0 Å². The summed E-state index contributed by atoms with van der Waals surface area (Å²) in [6.07, 6.45) is 0. The van der Waals surface area contributed by atoms with Crippen LogP contribution in [0.5, 0.6) is 0 Å². The van der Waals surface area contributed by atoms with Crippen LogP contribution in [-0.2, 0) is 0 Å². The number of anilines is 2. The smallest absolute Gasteiger partial charge is 0.277 e. The number of nitrogens with one attached hydrogen (secondary N) is 1. The Morgan fingerprint density at radius 2 is 1.60 bits per heavy atom. The molecule has 0 aliphatic carbocycles. The molecule has 1 fully saturated rings. The molecule has 10 nitrogen and oxygen atoms in total. The van der Waals surface area contributed by atoms with Crippen molar-refractivity contribution in [2.24, 2.45) is 0 Å². The lowest BCUT2D eigenvalue weighted by molar-refractivity contribution is -0.394. The predicted octanol–water partition coefficient (Wildman–Crippen LogP) is 3.21. The first-order valence-corrected chi connectivity index (χ1v) is 9.61. The maximum atomic E-state index is 12.6. The van der Waals surface area contributed by atoms with Crippen LogP contribution in [0.4, 0.5) is 22.7 Å². The summed E-state index contributed by atoms with van der Waals surface area (Å²) in [5.41, 5.74) is 1.28. The average molecular weight is 413 g/mol. The number of carbonyl (C=O) groups is 1.